The molecular weight excluding hydrogens is 416 g/mol. The molecule has 31 heavy (non-hydrogen) atoms. The fourth-order valence-electron chi connectivity index (χ4n) is 3.90. The maximum absolute atomic E-state index is 13.2. The fraction of sp³-hybridized carbons (Fsp3) is 0.545. The van der Waals surface area contributed by atoms with Gasteiger partial charge in [-0.1, -0.05) is 19.1 Å². The van der Waals surface area contributed by atoms with Crippen LogP contribution >= 0.6 is 0 Å². The van der Waals surface area contributed by atoms with Crippen LogP contribution in [0.5, 0.6) is 5.75 Å². The lowest BCUT2D eigenvalue weighted by molar-refractivity contribution is -0.121. The van der Waals surface area contributed by atoms with E-state index in [-0.39, 0.29) is 17.2 Å². The molecule has 2 aromatic rings. The summed E-state index contributed by atoms with van der Waals surface area (Å²) >= 11 is 0. The second-order valence-corrected chi connectivity index (χ2v) is 10.1. The summed E-state index contributed by atoms with van der Waals surface area (Å²) in [4.78, 5) is 12.6. The number of sulfonamides is 1. The van der Waals surface area contributed by atoms with E-state index < -0.39 is 10.0 Å². The van der Waals surface area contributed by atoms with Crippen LogP contribution in [0.15, 0.2) is 29.2 Å². The van der Waals surface area contributed by atoms with Crippen molar-refractivity contribution in [1.29, 1.82) is 0 Å². The molecule has 0 unspecified atom stereocenters. The molecule has 8 nitrogen and oxygen atoms in total. The van der Waals surface area contributed by atoms with Crippen LogP contribution < -0.4 is 10.1 Å². The van der Waals surface area contributed by atoms with Gasteiger partial charge in [-0.15, -0.1) is 0 Å². The first-order valence-electron chi connectivity index (χ1n) is 10.7. The number of hydrogen-bond donors (Lipinski definition) is 1. The highest BCUT2D eigenvalue weighted by Crippen LogP contribution is 2.27. The van der Waals surface area contributed by atoms with Gasteiger partial charge in [0.2, 0.25) is 15.9 Å². The number of carbonyl (C=O) groups excluding carboxylic acids is 1. The molecule has 1 aliphatic rings. The minimum Gasteiger partial charge on any atom is -0.497 e. The number of nitrogens with one attached hydrogen (secondary N) is 1. The van der Waals surface area contributed by atoms with Crippen molar-refractivity contribution in [3.63, 3.8) is 0 Å². The molecule has 0 saturated carbocycles. The Labute approximate surface area is 184 Å². The lowest BCUT2D eigenvalue weighted by Gasteiger charge is -2.29. The highest BCUT2D eigenvalue weighted by molar-refractivity contribution is 7.89. The minimum atomic E-state index is -3.58. The van der Waals surface area contributed by atoms with Crippen LogP contribution in [-0.4, -0.2) is 48.6 Å². The van der Waals surface area contributed by atoms with E-state index in [4.69, 9.17) is 4.74 Å². The number of amides is 1. The maximum Gasteiger partial charge on any atom is 0.246 e. The lowest BCUT2D eigenvalue weighted by atomic mass is 10.0. The molecule has 0 radical (unpaired) electrons. The molecule has 170 valence electrons. The van der Waals surface area contributed by atoms with Crippen LogP contribution in [0.4, 0.5) is 0 Å². The topological polar surface area (TPSA) is 93.5 Å². The summed E-state index contributed by atoms with van der Waals surface area (Å²) < 4.78 is 34.7. The molecule has 1 saturated heterocycles. The van der Waals surface area contributed by atoms with Crippen LogP contribution in [0.3, 0.4) is 0 Å². The summed E-state index contributed by atoms with van der Waals surface area (Å²) in [7, 11) is -1.98. The van der Waals surface area contributed by atoms with Crippen molar-refractivity contribution in [3.05, 3.63) is 41.2 Å². The monoisotopic (exact) mass is 448 g/mol. The Morgan fingerprint density at radius 2 is 1.97 bits per heavy atom. The SMILES string of the molecule is COc1cccc(CNC(=O)CCn2nc(C)c(S(=O)(=O)N3CCC(C)CC3)c2C)c1. The molecule has 1 aromatic heterocycles. The van der Waals surface area contributed by atoms with Gasteiger partial charge in [-0.3, -0.25) is 9.48 Å². The molecular formula is C22H32N4O4S. The molecule has 1 amide bonds. The number of nitrogens with zero attached hydrogens (tertiary/aromatic N) is 3. The van der Waals surface area contributed by atoms with Gasteiger partial charge in [0.15, 0.2) is 0 Å². The van der Waals surface area contributed by atoms with Crippen molar-refractivity contribution in [1.82, 2.24) is 19.4 Å². The first-order chi connectivity index (χ1) is 14.7. The van der Waals surface area contributed by atoms with E-state index in [2.05, 4.69) is 17.3 Å². The first kappa shape index (κ1) is 23.3. The summed E-state index contributed by atoms with van der Waals surface area (Å²) in [5, 5.41) is 7.30. The summed E-state index contributed by atoms with van der Waals surface area (Å²) in [5.74, 6) is 1.17. The van der Waals surface area contributed by atoms with Crippen LogP contribution in [0.25, 0.3) is 0 Å². The molecule has 2 heterocycles. The third-order valence-electron chi connectivity index (χ3n) is 5.83. The Bertz CT molecular complexity index is 1020. The molecule has 1 aliphatic heterocycles. The van der Waals surface area contributed by atoms with Gasteiger partial charge in [-0.05, 0) is 50.3 Å². The van der Waals surface area contributed by atoms with Gasteiger partial charge in [-0.2, -0.15) is 9.40 Å². The number of aromatic nitrogens is 2. The van der Waals surface area contributed by atoms with Crippen molar-refractivity contribution < 1.29 is 17.9 Å². The number of piperidine rings is 1. The van der Waals surface area contributed by atoms with Crippen LogP contribution in [0, 0.1) is 19.8 Å². The zero-order valence-electron chi connectivity index (χ0n) is 18.7. The summed E-state index contributed by atoms with van der Waals surface area (Å²) in [6.07, 6.45) is 1.96. The van der Waals surface area contributed by atoms with Crippen molar-refractivity contribution in [2.45, 2.75) is 58.0 Å². The number of aryl methyl sites for hydroxylation is 2. The van der Waals surface area contributed by atoms with Gasteiger partial charge >= 0.3 is 0 Å². The number of hydrogen-bond acceptors (Lipinski definition) is 5. The van der Waals surface area contributed by atoms with Gasteiger partial charge in [0.25, 0.3) is 0 Å². The normalized spacial score (nSPS) is 15.7. The number of rotatable bonds is 8. The van der Waals surface area contributed by atoms with E-state index in [1.165, 1.54) is 0 Å². The molecule has 3 rings (SSSR count). The number of benzene rings is 1. The van der Waals surface area contributed by atoms with Crippen molar-refractivity contribution in [3.8, 4) is 5.75 Å². The van der Waals surface area contributed by atoms with E-state index in [0.29, 0.717) is 43.5 Å². The van der Waals surface area contributed by atoms with Gasteiger partial charge in [-0.25, -0.2) is 8.42 Å². The number of ether oxygens (including phenoxy) is 1. The zero-order valence-corrected chi connectivity index (χ0v) is 19.5. The Morgan fingerprint density at radius 1 is 1.26 bits per heavy atom. The van der Waals surface area contributed by atoms with E-state index in [1.54, 1.807) is 29.9 Å². The average Bonchev–Trinajstić information content (AvgIpc) is 3.04. The fourth-order valence-corrected chi connectivity index (χ4v) is 5.75. The Hall–Kier alpha value is -2.39. The van der Waals surface area contributed by atoms with Gasteiger partial charge in [0.1, 0.15) is 10.6 Å². The van der Waals surface area contributed by atoms with Crippen LogP contribution in [0.1, 0.15) is 43.1 Å². The molecule has 0 spiro atoms. The number of methoxy groups -OCH3 is 1. The molecule has 0 bridgehead atoms. The first-order valence-corrected chi connectivity index (χ1v) is 12.1. The second-order valence-electron chi connectivity index (χ2n) is 8.19. The number of carbonyl (C=O) groups is 1. The summed E-state index contributed by atoms with van der Waals surface area (Å²) in [6.45, 7) is 7.43. The predicted octanol–water partition coefficient (Wildman–Crippen LogP) is 2.64. The third-order valence-corrected chi connectivity index (χ3v) is 7.98. The van der Waals surface area contributed by atoms with Gasteiger partial charge in [0, 0.05) is 26.1 Å². The molecule has 1 fully saturated rings. The van der Waals surface area contributed by atoms with Crippen molar-refractivity contribution >= 4 is 15.9 Å². The van der Waals surface area contributed by atoms with E-state index in [1.807, 2.05) is 24.3 Å². The van der Waals surface area contributed by atoms with Gasteiger partial charge in [0.05, 0.1) is 25.0 Å². The second kappa shape index (κ2) is 9.82. The largest absolute Gasteiger partial charge is 0.497 e. The Balaban J connectivity index is 1.62. The maximum atomic E-state index is 13.2. The van der Waals surface area contributed by atoms with E-state index in [9.17, 15) is 13.2 Å². The quantitative estimate of drug-likeness (QED) is 0.670. The predicted molar refractivity (Wildman–Crippen MR) is 118 cm³/mol. The molecule has 0 aliphatic carbocycles. The highest BCUT2D eigenvalue weighted by Gasteiger charge is 2.32. The minimum absolute atomic E-state index is 0.121. The van der Waals surface area contributed by atoms with Crippen molar-refractivity contribution in [2.75, 3.05) is 20.2 Å². The van der Waals surface area contributed by atoms with Crippen molar-refractivity contribution in [2.24, 2.45) is 5.92 Å². The molecule has 9 heteroatoms. The molecule has 1 N–H and O–H groups in total. The summed E-state index contributed by atoms with van der Waals surface area (Å²) in [5.41, 5.74) is 2.01. The highest BCUT2D eigenvalue weighted by atomic mass is 32.2. The summed E-state index contributed by atoms with van der Waals surface area (Å²) in [6, 6.07) is 7.52. The van der Waals surface area contributed by atoms with Crippen LogP contribution in [0.2, 0.25) is 0 Å². The molecule has 1 aromatic carbocycles. The lowest BCUT2D eigenvalue weighted by Crippen LogP contribution is -2.38. The van der Waals surface area contributed by atoms with E-state index in [0.717, 1.165) is 24.2 Å². The molecule has 0 atom stereocenters. The standard InChI is InChI=1S/C22H32N4O4S/c1-16-8-11-25(12-9-16)31(28,29)22-17(2)24-26(18(22)3)13-10-21(27)23-15-19-6-5-7-20(14-19)30-4/h5-7,14,16H,8-13,15H2,1-4H3,(H,23,27). The third kappa shape index (κ3) is 5.46. The smallest absolute Gasteiger partial charge is 0.246 e. The van der Waals surface area contributed by atoms with Crippen LogP contribution in [-0.2, 0) is 27.9 Å². The van der Waals surface area contributed by atoms with Gasteiger partial charge < -0.3 is 10.1 Å². The van der Waals surface area contributed by atoms with E-state index >= 15 is 0 Å². The Kier molecular flexibility index (Phi) is 7.38. The Morgan fingerprint density at radius 3 is 2.65 bits per heavy atom. The average molecular weight is 449 g/mol. The zero-order chi connectivity index (χ0) is 22.6.